The van der Waals surface area contributed by atoms with Gasteiger partial charge in [0.1, 0.15) is 38.4 Å². The molecule has 3 heterocycles. The molecule has 0 bridgehead atoms. The molecule has 3 saturated heterocycles. The Morgan fingerprint density at radius 2 is 1.00 bits per heavy atom. The number of rotatable bonds is 23. The summed E-state index contributed by atoms with van der Waals surface area (Å²) < 4.78 is 27.1. The van der Waals surface area contributed by atoms with Crippen molar-refractivity contribution in [3.63, 3.8) is 0 Å². The van der Waals surface area contributed by atoms with E-state index in [1.165, 1.54) is 0 Å². The monoisotopic (exact) mass is 598 g/mol. The van der Waals surface area contributed by atoms with Crippen molar-refractivity contribution in [1.82, 2.24) is 20.0 Å². The Bertz CT molecular complexity index is 826. The van der Waals surface area contributed by atoms with E-state index in [2.05, 4.69) is 20.0 Å². The molecule has 1 N–H and O–H groups in total. The smallest absolute Gasteiger partial charge is 0.407 e. The number of carbonyl (C=O) groups is 5. The minimum atomic E-state index is -1.31. The van der Waals surface area contributed by atoms with Crippen LogP contribution >= 0.6 is 0 Å². The fourth-order valence-corrected chi connectivity index (χ4v) is 3.78. The number of hydrogen-bond acceptors (Lipinski definition) is 13. The van der Waals surface area contributed by atoms with Crippen molar-refractivity contribution in [2.75, 3.05) is 98.5 Å². The Labute approximate surface area is 247 Å². The van der Waals surface area contributed by atoms with Gasteiger partial charge in [-0.2, -0.15) is 0 Å². The number of nitrogens with one attached hydrogen (secondary N) is 1. The first kappa shape index (κ1) is 33.5. The van der Waals surface area contributed by atoms with Gasteiger partial charge in [-0.05, 0) is 6.42 Å². The second-order valence-corrected chi connectivity index (χ2v) is 11.1. The molecule has 1 amide bonds. The summed E-state index contributed by atoms with van der Waals surface area (Å²) >= 11 is 0. The zero-order valence-corrected chi connectivity index (χ0v) is 24.8. The van der Waals surface area contributed by atoms with E-state index < -0.39 is 29.4 Å². The van der Waals surface area contributed by atoms with Crippen LogP contribution in [-0.4, -0.2) is 143 Å². The molecule has 0 radical (unpaired) electrons. The van der Waals surface area contributed by atoms with E-state index in [1.54, 1.807) is 0 Å². The lowest BCUT2D eigenvalue weighted by Crippen LogP contribution is -2.45. The lowest BCUT2D eigenvalue weighted by Gasteiger charge is -2.31. The van der Waals surface area contributed by atoms with Crippen LogP contribution in [0.4, 0.5) is 4.79 Å². The minimum absolute atomic E-state index is 0.0132. The first-order valence-corrected chi connectivity index (χ1v) is 15.0. The first-order valence-electron chi connectivity index (χ1n) is 15.0. The van der Waals surface area contributed by atoms with E-state index in [0.29, 0.717) is 26.1 Å². The van der Waals surface area contributed by atoms with Crippen molar-refractivity contribution in [2.24, 2.45) is 5.41 Å². The summed E-state index contributed by atoms with van der Waals surface area (Å²) in [5.41, 5.74) is -1.31. The fourth-order valence-electron chi connectivity index (χ4n) is 3.78. The van der Waals surface area contributed by atoms with E-state index >= 15 is 0 Å². The lowest BCUT2D eigenvalue weighted by atomic mass is 9.92. The third-order valence-electron chi connectivity index (χ3n) is 7.01. The minimum Gasteiger partial charge on any atom is -0.465 e. The summed E-state index contributed by atoms with van der Waals surface area (Å²) in [6, 6.07) is 0. The lowest BCUT2D eigenvalue weighted by molar-refractivity contribution is -0.165. The molecular formula is C28H46N4O10. The predicted molar refractivity (Wildman–Crippen MR) is 148 cm³/mol. The van der Waals surface area contributed by atoms with Gasteiger partial charge in [-0.15, -0.1) is 0 Å². The number of nitrogens with zero attached hydrogens (tertiary/aromatic N) is 3. The molecule has 0 unspecified atom stereocenters. The van der Waals surface area contributed by atoms with E-state index in [9.17, 15) is 24.0 Å². The zero-order valence-electron chi connectivity index (χ0n) is 24.8. The van der Waals surface area contributed by atoms with Crippen LogP contribution < -0.4 is 5.32 Å². The normalized spacial score (nSPS) is 16.3. The van der Waals surface area contributed by atoms with Crippen molar-refractivity contribution in [3.8, 4) is 0 Å². The fraction of sp³-hybridized carbons (Fsp3) is 0.821. The van der Waals surface area contributed by atoms with Gasteiger partial charge in [-0.1, -0.05) is 13.3 Å². The molecule has 0 aromatic rings. The van der Waals surface area contributed by atoms with Crippen LogP contribution in [0, 0.1) is 5.41 Å². The summed E-state index contributed by atoms with van der Waals surface area (Å²) in [6.07, 6.45) is 1.64. The highest BCUT2D eigenvalue weighted by Crippen LogP contribution is 2.23. The zero-order chi connectivity index (χ0) is 30.2. The summed E-state index contributed by atoms with van der Waals surface area (Å²) in [7, 11) is 0. The average molecular weight is 599 g/mol. The maximum atomic E-state index is 12.5. The van der Waals surface area contributed by atoms with Crippen molar-refractivity contribution in [3.05, 3.63) is 0 Å². The van der Waals surface area contributed by atoms with Crippen molar-refractivity contribution in [2.45, 2.75) is 45.4 Å². The second-order valence-electron chi connectivity index (χ2n) is 11.1. The Hall–Kier alpha value is -2.97. The van der Waals surface area contributed by atoms with Crippen LogP contribution in [-0.2, 0) is 42.9 Å². The molecule has 0 aromatic heterocycles. The van der Waals surface area contributed by atoms with E-state index in [1.807, 2.05) is 6.92 Å². The Morgan fingerprint density at radius 1 is 0.595 bits per heavy atom. The van der Waals surface area contributed by atoms with E-state index in [-0.39, 0.29) is 64.8 Å². The van der Waals surface area contributed by atoms with Crippen LogP contribution in [0.2, 0.25) is 0 Å². The van der Waals surface area contributed by atoms with Gasteiger partial charge in [-0.25, -0.2) is 4.79 Å². The van der Waals surface area contributed by atoms with Gasteiger partial charge < -0.3 is 43.7 Å². The molecule has 0 saturated carbocycles. The summed E-state index contributed by atoms with van der Waals surface area (Å²) in [6.45, 7) is 8.17. The summed E-state index contributed by atoms with van der Waals surface area (Å²) in [4.78, 5) is 67.7. The van der Waals surface area contributed by atoms with Gasteiger partial charge in [0.25, 0.3) is 0 Å². The van der Waals surface area contributed by atoms with Gasteiger partial charge in [0.05, 0.1) is 25.8 Å². The summed E-state index contributed by atoms with van der Waals surface area (Å²) in [5, 5.41) is 2.50. The Morgan fingerprint density at radius 3 is 1.40 bits per heavy atom. The quantitative estimate of drug-likeness (QED) is 0.0737. The van der Waals surface area contributed by atoms with Crippen LogP contribution in [0.5, 0.6) is 0 Å². The van der Waals surface area contributed by atoms with Crippen molar-refractivity contribution < 1.29 is 47.7 Å². The number of hydrogen-bond donors (Lipinski definition) is 1. The number of alkyl carbamates (subject to hydrolysis) is 1. The van der Waals surface area contributed by atoms with E-state index in [4.69, 9.17) is 23.7 Å². The number of esters is 4. The first-order chi connectivity index (χ1) is 20.3. The molecule has 3 aliphatic heterocycles. The average Bonchev–Trinajstić information content (AvgIpc) is 3.83. The van der Waals surface area contributed by atoms with Crippen LogP contribution in [0.3, 0.4) is 0 Å². The van der Waals surface area contributed by atoms with Crippen LogP contribution in [0.25, 0.3) is 0 Å². The molecule has 0 atom stereocenters. The molecule has 14 heteroatoms. The molecule has 14 nitrogen and oxygen atoms in total. The summed E-state index contributed by atoms with van der Waals surface area (Å²) in [5.74, 6) is -1.71. The number of carbonyl (C=O) groups excluding carboxylic acids is 5. The van der Waals surface area contributed by atoms with Crippen LogP contribution in [0.15, 0.2) is 0 Å². The third-order valence-corrected chi connectivity index (χ3v) is 7.01. The molecule has 0 aromatic carbocycles. The largest absolute Gasteiger partial charge is 0.465 e. The Kier molecular flexibility index (Phi) is 14.3. The topological polar surface area (TPSA) is 153 Å². The van der Waals surface area contributed by atoms with Gasteiger partial charge in [0.2, 0.25) is 0 Å². The van der Waals surface area contributed by atoms with E-state index in [0.717, 1.165) is 52.1 Å². The highest BCUT2D eigenvalue weighted by Gasteiger charge is 2.38. The molecular weight excluding hydrogens is 552 g/mol. The number of unbranched alkanes of at least 4 members (excludes halogenated alkanes) is 1. The second kappa shape index (κ2) is 17.9. The van der Waals surface area contributed by atoms with Gasteiger partial charge >= 0.3 is 30.0 Å². The van der Waals surface area contributed by atoms with Crippen LogP contribution in [0.1, 0.15) is 45.4 Å². The van der Waals surface area contributed by atoms with Crippen molar-refractivity contribution in [1.29, 1.82) is 0 Å². The van der Waals surface area contributed by atoms with Gasteiger partial charge in [0.15, 0.2) is 0 Å². The number of ether oxygens (including phenoxy) is 5. The SMILES string of the molecule is CCCCC(=O)OCCNC(=O)OCC(COC(=O)CCN1CC1)(COC(=O)CCN1CC1)COC(=O)CCN1CC1. The molecule has 3 rings (SSSR count). The predicted octanol–water partition coefficient (Wildman–Crippen LogP) is 0.179. The molecule has 42 heavy (non-hydrogen) atoms. The maximum Gasteiger partial charge on any atom is 0.407 e. The van der Waals surface area contributed by atoms with Gasteiger partial charge in [-0.3, -0.25) is 19.2 Å². The highest BCUT2D eigenvalue weighted by molar-refractivity contribution is 5.71. The van der Waals surface area contributed by atoms with Gasteiger partial charge in [0, 0.05) is 65.3 Å². The molecule has 0 spiro atoms. The maximum absolute atomic E-state index is 12.5. The van der Waals surface area contributed by atoms with Crippen molar-refractivity contribution >= 4 is 30.0 Å². The third kappa shape index (κ3) is 15.3. The molecule has 238 valence electrons. The number of amides is 1. The highest BCUT2D eigenvalue weighted by atomic mass is 16.6. The Balaban J connectivity index is 1.55. The molecule has 3 fully saturated rings. The molecule has 0 aliphatic carbocycles. The molecule has 3 aliphatic rings. The standard InChI is InChI=1S/C28H46N4O10/c1-2-3-4-23(33)38-18-8-29-27(37)42-22-28(19-39-24(34)5-9-30-12-13-30,20-40-25(35)6-10-31-14-15-31)21-41-26(36)7-11-32-16-17-32/h2-22H2,1H3,(H,29,37).